The molecule has 2 aromatic rings. The molecule has 0 aliphatic heterocycles. The van der Waals surface area contributed by atoms with E-state index < -0.39 is 0 Å². The summed E-state index contributed by atoms with van der Waals surface area (Å²) in [5, 5.41) is 3.28. The Hall–Kier alpha value is -1.74. The molecule has 0 aliphatic rings. The highest BCUT2D eigenvalue weighted by Crippen LogP contribution is 2.26. The van der Waals surface area contributed by atoms with E-state index in [0.29, 0.717) is 17.7 Å². The summed E-state index contributed by atoms with van der Waals surface area (Å²) in [5.74, 6) is -0.664. The van der Waals surface area contributed by atoms with E-state index in [1.807, 2.05) is 0 Å². The van der Waals surface area contributed by atoms with E-state index in [-0.39, 0.29) is 11.6 Å². The van der Waals surface area contributed by atoms with Crippen LogP contribution in [0.1, 0.15) is 24.5 Å². The van der Waals surface area contributed by atoms with Gasteiger partial charge >= 0.3 is 0 Å². The highest BCUT2D eigenvalue weighted by atomic mass is 19.1. The van der Waals surface area contributed by atoms with E-state index in [1.165, 1.54) is 18.2 Å². The summed E-state index contributed by atoms with van der Waals surface area (Å²) in [7, 11) is 0. The Bertz CT molecular complexity index is 573. The summed E-state index contributed by atoms with van der Waals surface area (Å²) in [6, 6.07) is 9.59. The minimum Gasteiger partial charge on any atom is -0.313 e. The molecule has 20 heavy (non-hydrogen) atoms. The Morgan fingerprint density at radius 1 is 1.05 bits per heavy atom. The van der Waals surface area contributed by atoms with Crippen molar-refractivity contribution in [1.82, 2.24) is 5.32 Å². The fraction of sp³-hybridized carbons (Fsp3) is 0.294. The van der Waals surface area contributed by atoms with Crippen molar-refractivity contribution in [2.24, 2.45) is 0 Å². The van der Waals surface area contributed by atoms with E-state index >= 15 is 0 Å². The lowest BCUT2D eigenvalue weighted by Crippen LogP contribution is -2.13. The predicted octanol–water partition coefficient (Wildman–Crippen LogP) is 4.44. The lowest BCUT2D eigenvalue weighted by atomic mass is 10.0. The van der Waals surface area contributed by atoms with Gasteiger partial charge in [-0.1, -0.05) is 19.1 Å². The van der Waals surface area contributed by atoms with E-state index in [1.54, 1.807) is 25.1 Å². The van der Waals surface area contributed by atoms with Gasteiger partial charge in [0.05, 0.1) is 0 Å². The van der Waals surface area contributed by atoms with Crippen LogP contribution in [0.2, 0.25) is 0 Å². The van der Waals surface area contributed by atoms with Gasteiger partial charge in [0.2, 0.25) is 0 Å². The normalized spacial score (nSPS) is 10.8. The van der Waals surface area contributed by atoms with Crippen LogP contribution in [0, 0.1) is 18.6 Å². The molecule has 0 atom stereocenters. The molecule has 0 fully saturated rings. The topological polar surface area (TPSA) is 12.0 Å². The van der Waals surface area contributed by atoms with Gasteiger partial charge in [-0.3, -0.25) is 0 Å². The summed E-state index contributed by atoms with van der Waals surface area (Å²) < 4.78 is 27.4. The Balaban J connectivity index is 2.32. The van der Waals surface area contributed by atoms with Crippen molar-refractivity contribution in [3.05, 3.63) is 59.2 Å². The van der Waals surface area contributed by atoms with E-state index in [9.17, 15) is 8.78 Å². The second kappa shape index (κ2) is 6.62. The van der Waals surface area contributed by atoms with Crippen LogP contribution in [0.4, 0.5) is 8.78 Å². The van der Waals surface area contributed by atoms with Crippen LogP contribution in [0.15, 0.2) is 36.4 Å². The Kier molecular flexibility index (Phi) is 4.85. The molecule has 0 radical (unpaired) electrons. The van der Waals surface area contributed by atoms with Gasteiger partial charge in [-0.15, -0.1) is 0 Å². The van der Waals surface area contributed by atoms with Crippen LogP contribution in [-0.2, 0) is 6.54 Å². The second-order valence-electron chi connectivity index (χ2n) is 5.01. The lowest BCUT2D eigenvalue weighted by molar-refractivity contribution is 0.622. The smallest absolute Gasteiger partial charge is 0.131 e. The first-order valence-electron chi connectivity index (χ1n) is 6.87. The van der Waals surface area contributed by atoms with Crippen molar-refractivity contribution < 1.29 is 8.78 Å². The number of benzene rings is 2. The van der Waals surface area contributed by atoms with E-state index in [4.69, 9.17) is 0 Å². The number of aryl methyl sites for hydroxylation is 1. The van der Waals surface area contributed by atoms with Gasteiger partial charge in [0, 0.05) is 12.1 Å². The number of hydrogen-bond donors (Lipinski definition) is 1. The van der Waals surface area contributed by atoms with Crippen LogP contribution in [0.5, 0.6) is 0 Å². The summed E-state index contributed by atoms with van der Waals surface area (Å²) >= 11 is 0. The molecule has 1 nitrogen and oxygen atoms in total. The van der Waals surface area contributed by atoms with Crippen LogP contribution in [0.25, 0.3) is 11.1 Å². The predicted molar refractivity (Wildman–Crippen MR) is 78.5 cm³/mol. The monoisotopic (exact) mass is 275 g/mol. The van der Waals surface area contributed by atoms with Crippen LogP contribution < -0.4 is 5.32 Å². The average Bonchev–Trinajstić information content (AvgIpc) is 2.40. The molecular weight excluding hydrogens is 256 g/mol. The fourth-order valence-electron chi connectivity index (χ4n) is 2.20. The summed E-state index contributed by atoms with van der Waals surface area (Å²) in [6.45, 7) is 5.51. The third kappa shape index (κ3) is 3.64. The summed E-state index contributed by atoms with van der Waals surface area (Å²) in [6.07, 6.45) is 1.05. The summed E-state index contributed by atoms with van der Waals surface area (Å²) in [4.78, 5) is 0. The number of halogens is 2. The standard InChI is InChI=1S/C17H19F2N/c1-3-6-20-11-13-4-5-17(19)16(9-13)14-7-12(2)8-15(18)10-14/h4-5,7-10,20H,3,6,11H2,1-2H3. The zero-order valence-corrected chi connectivity index (χ0v) is 11.8. The Labute approximate surface area is 118 Å². The average molecular weight is 275 g/mol. The maximum Gasteiger partial charge on any atom is 0.131 e. The van der Waals surface area contributed by atoms with Crippen molar-refractivity contribution in [3.8, 4) is 11.1 Å². The van der Waals surface area contributed by atoms with Gasteiger partial charge in [0.25, 0.3) is 0 Å². The molecule has 2 rings (SSSR count). The largest absolute Gasteiger partial charge is 0.313 e. The third-order valence-electron chi connectivity index (χ3n) is 3.14. The maximum atomic E-state index is 14.0. The molecular formula is C17H19F2N. The van der Waals surface area contributed by atoms with Crippen LogP contribution >= 0.6 is 0 Å². The Morgan fingerprint density at radius 2 is 1.85 bits per heavy atom. The highest BCUT2D eigenvalue weighted by molar-refractivity contribution is 5.65. The van der Waals surface area contributed by atoms with Gasteiger partial charge in [0.15, 0.2) is 0 Å². The Morgan fingerprint density at radius 3 is 2.55 bits per heavy atom. The molecule has 0 heterocycles. The fourth-order valence-corrected chi connectivity index (χ4v) is 2.20. The van der Waals surface area contributed by atoms with Crippen molar-refractivity contribution in [3.63, 3.8) is 0 Å². The van der Waals surface area contributed by atoms with E-state index in [0.717, 1.165) is 24.1 Å². The molecule has 0 saturated carbocycles. The minimum absolute atomic E-state index is 0.325. The number of rotatable bonds is 5. The maximum absolute atomic E-state index is 14.0. The van der Waals surface area contributed by atoms with Gasteiger partial charge < -0.3 is 5.32 Å². The van der Waals surface area contributed by atoms with Gasteiger partial charge in [0.1, 0.15) is 11.6 Å². The van der Waals surface area contributed by atoms with Gasteiger partial charge in [-0.05, 0) is 60.8 Å². The molecule has 0 aromatic heterocycles. The number of hydrogen-bond acceptors (Lipinski definition) is 1. The molecule has 0 amide bonds. The SMILES string of the molecule is CCCNCc1ccc(F)c(-c2cc(C)cc(F)c2)c1. The third-order valence-corrected chi connectivity index (χ3v) is 3.14. The number of nitrogens with one attached hydrogen (secondary N) is 1. The first-order valence-corrected chi connectivity index (χ1v) is 6.87. The quantitative estimate of drug-likeness (QED) is 0.795. The van der Waals surface area contributed by atoms with Crippen molar-refractivity contribution in [2.75, 3.05) is 6.54 Å². The molecule has 0 saturated heterocycles. The molecule has 2 aromatic carbocycles. The van der Waals surface area contributed by atoms with Gasteiger partial charge in [-0.25, -0.2) is 8.78 Å². The van der Waals surface area contributed by atoms with E-state index in [2.05, 4.69) is 12.2 Å². The van der Waals surface area contributed by atoms with Crippen molar-refractivity contribution in [2.45, 2.75) is 26.8 Å². The molecule has 3 heteroatoms. The van der Waals surface area contributed by atoms with Gasteiger partial charge in [-0.2, -0.15) is 0 Å². The van der Waals surface area contributed by atoms with Crippen molar-refractivity contribution >= 4 is 0 Å². The zero-order chi connectivity index (χ0) is 14.5. The molecule has 0 bridgehead atoms. The molecule has 1 N–H and O–H groups in total. The lowest BCUT2D eigenvalue weighted by Gasteiger charge is -2.09. The molecule has 0 aliphatic carbocycles. The highest BCUT2D eigenvalue weighted by Gasteiger charge is 2.08. The van der Waals surface area contributed by atoms with Crippen LogP contribution in [0.3, 0.4) is 0 Å². The van der Waals surface area contributed by atoms with Crippen LogP contribution in [-0.4, -0.2) is 6.54 Å². The minimum atomic E-state index is -0.339. The molecule has 0 unspecified atom stereocenters. The molecule has 106 valence electrons. The summed E-state index contributed by atoms with van der Waals surface area (Å²) in [5.41, 5.74) is 2.81. The molecule has 0 spiro atoms. The zero-order valence-electron chi connectivity index (χ0n) is 11.8. The van der Waals surface area contributed by atoms with Crippen molar-refractivity contribution in [1.29, 1.82) is 0 Å². The first-order chi connectivity index (χ1) is 9.60. The first kappa shape index (κ1) is 14.7. The second-order valence-corrected chi connectivity index (χ2v) is 5.01.